The molecule has 0 fully saturated rings. The van der Waals surface area contributed by atoms with Crippen LogP contribution in [0.4, 0.5) is 14.9 Å². The third-order valence-electron chi connectivity index (χ3n) is 4.56. The normalized spacial score (nSPS) is 10.2. The lowest BCUT2D eigenvalue weighted by molar-refractivity contribution is -0.115. The van der Waals surface area contributed by atoms with Gasteiger partial charge >= 0.3 is 6.16 Å². The Bertz CT molecular complexity index is 1130. The van der Waals surface area contributed by atoms with Crippen molar-refractivity contribution in [2.24, 2.45) is 0 Å². The van der Waals surface area contributed by atoms with Crippen molar-refractivity contribution in [1.82, 2.24) is 5.32 Å². The summed E-state index contributed by atoms with van der Waals surface area (Å²) in [5, 5.41) is 5.60. The fourth-order valence-corrected chi connectivity index (χ4v) is 3.02. The van der Waals surface area contributed by atoms with E-state index in [2.05, 4.69) is 10.6 Å². The second kappa shape index (κ2) is 11.4. The second-order valence-electron chi connectivity index (χ2n) is 7.00. The number of para-hydroxylation sites is 1. The molecule has 8 heteroatoms. The molecular weight excluding hydrogens is 427 g/mol. The third kappa shape index (κ3) is 7.17. The SMILES string of the molecule is CCOC(=O)Oc1ccc(C(=O)NCc2ccccc2NC(=O)Cc2cccc(F)c2)cc1. The summed E-state index contributed by atoms with van der Waals surface area (Å²) in [5.41, 5.74) is 2.20. The van der Waals surface area contributed by atoms with Gasteiger partial charge in [-0.15, -0.1) is 0 Å². The molecule has 0 aliphatic carbocycles. The first kappa shape index (κ1) is 23.5. The Kier molecular flexibility index (Phi) is 8.13. The maximum Gasteiger partial charge on any atom is 0.513 e. The number of halogens is 1. The van der Waals surface area contributed by atoms with Gasteiger partial charge in [-0.3, -0.25) is 9.59 Å². The van der Waals surface area contributed by atoms with E-state index in [-0.39, 0.29) is 37.1 Å². The molecule has 0 heterocycles. The molecule has 0 radical (unpaired) electrons. The fraction of sp³-hybridized carbons (Fsp3) is 0.160. The summed E-state index contributed by atoms with van der Waals surface area (Å²) in [6, 6.07) is 19.0. The number of ether oxygens (including phenoxy) is 2. The van der Waals surface area contributed by atoms with E-state index in [0.717, 1.165) is 0 Å². The number of carbonyl (C=O) groups is 3. The number of benzene rings is 3. The van der Waals surface area contributed by atoms with Gasteiger partial charge in [0.2, 0.25) is 5.91 Å². The molecule has 2 N–H and O–H groups in total. The molecule has 0 bridgehead atoms. The molecule has 0 aliphatic rings. The van der Waals surface area contributed by atoms with Crippen molar-refractivity contribution < 1.29 is 28.2 Å². The minimum atomic E-state index is -0.814. The lowest BCUT2D eigenvalue weighted by atomic mass is 10.1. The fourth-order valence-electron chi connectivity index (χ4n) is 3.02. The molecule has 0 saturated heterocycles. The van der Waals surface area contributed by atoms with Crippen molar-refractivity contribution in [3.8, 4) is 5.75 Å². The standard InChI is InChI=1S/C25H23FN2O5/c1-2-32-25(31)33-21-12-10-18(11-13-21)24(30)27-16-19-7-3-4-9-22(19)28-23(29)15-17-6-5-8-20(26)14-17/h3-14H,2,15-16H2,1H3,(H,27,30)(H,28,29). The zero-order valence-electron chi connectivity index (χ0n) is 18.0. The first-order valence-electron chi connectivity index (χ1n) is 10.3. The molecule has 0 aliphatic heterocycles. The number of anilines is 1. The van der Waals surface area contributed by atoms with Crippen LogP contribution in [0, 0.1) is 5.82 Å². The monoisotopic (exact) mass is 450 g/mol. The van der Waals surface area contributed by atoms with Crippen molar-refractivity contribution in [2.75, 3.05) is 11.9 Å². The predicted octanol–water partition coefficient (Wildman–Crippen LogP) is 4.47. The summed E-state index contributed by atoms with van der Waals surface area (Å²) in [4.78, 5) is 36.2. The summed E-state index contributed by atoms with van der Waals surface area (Å²) >= 11 is 0. The first-order valence-corrected chi connectivity index (χ1v) is 10.3. The van der Waals surface area contributed by atoms with Crippen LogP contribution in [0.2, 0.25) is 0 Å². The maximum atomic E-state index is 13.3. The van der Waals surface area contributed by atoms with Gasteiger partial charge < -0.3 is 20.1 Å². The minimum absolute atomic E-state index is 0.0265. The predicted molar refractivity (Wildman–Crippen MR) is 120 cm³/mol. The molecule has 0 saturated carbocycles. The van der Waals surface area contributed by atoms with E-state index in [0.29, 0.717) is 22.4 Å². The third-order valence-corrected chi connectivity index (χ3v) is 4.56. The molecule has 170 valence electrons. The van der Waals surface area contributed by atoms with Crippen LogP contribution >= 0.6 is 0 Å². The van der Waals surface area contributed by atoms with Crippen molar-refractivity contribution in [1.29, 1.82) is 0 Å². The van der Waals surface area contributed by atoms with E-state index >= 15 is 0 Å². The number of hydrogen-bond acceptors (Lipinski definition) is 5. The van der Waals surface area contributed by atoms with Gasteiger partial charge in [0.05, 0.1) is 13.0 Å². The quantitative estimate of drug-likeness (QED) is 0.390. The zero-order chi connectivity index (χ0) is 23.6. The Labute approximate surface area is 190 Å². The Morgan fingerprint density at radius 3 is 2.42 bits per heavy atom. The second-order valence-corrected chi connectivity index (χ2v) is 7.00. The highest BCUT2D eigenvalue weighted by Gasteiger charge is 2.11. The lowest BCUT2D eigenvalue weighted by Crippen LogP contribution is -2.24. The number of nitrogens with one attached hydrogen (secondary N) is 2. The van der Waals surface area contributed by atoms with Gasteiger partial charge in [-0.25, -0.2) is 9.18 Å². The number of carbonyl (C=O) groups excluding carboxylic acids is 3. The topological polar surface area (TPSA) is 93.7 Å². The highest BCUT2D eigenvalue weighted by atomic mass is 19.1. The Morgan fingerprint density at radius 2 is 1.70 bits per heavy atom. The van der Waals surface area contributed by atoms with Gasteiger partial charge in [0.15, 0.2) is 0 Å². The Balaban J connectivity index is 1.57. The number of amides is 2. The molecule has 3 aromatic carbocycles. The summed E-state index contributed by atoms with van der Waals surface area (Å²) in [5.74, 6) is -0.768. The van der Waals surface area contributed by atoms with E-state index in [1.807, 2.05) is 0 Å². The van der Waals surface area contributed by atoms with Crippen LogP contribution in [0.3, 0.4) is 0 Å². The largest absolute Gasteiger partial charge is 0.513 e. The summed E-state index contributed by atoms with van der Waals surface area (Å²) in [6.07, 6.45) is -0.788. The molecule has 0 aromatic heterocycles. The lowest BCUT2D eigenvalue weighted by Gasteiger charge is -2.12. The van der Waals surface area contributed by atoms with Crippen LogP contribution in [0.15, 0.2) is 72.8 Å². The molecule has 33 heavy (non-hydrogen) atoms. The van der Waals surface area contributed by atoms with Crippen LogP contribution in [0.5, 0.6) is 5.75 Å². The van der Waals surface area contributed by atoms with Crippen LogP contribution in [0.25, 0.3) is 0 Å². The van der Waals surface area contributed by atoms with Gasteiger partial charge in [0, 0.05) is 17.8 Å². The van der Waals surface area contributed by atoms with Crippen LogP contribution < -0.4 is 15.4 Å². The summed E-state index contributed by atoms with van der Waals surface area (Å²) in [6.45, 7) is 2.05. The number of rotatable bonds is 8. The van der Waals surface area contributed by atoms with E-state index in [9.17, 15) is 18.8 Å². The van der Waals surface area contributed by atoms with Crippen molar-refractivity contribution in [3.05, 3.63) is 95.3 Å². The van der Waals surface area contributed by atoms with E-state index in [1.54, 1.807) is 43.3 Å². The molecule has 0 atom stereocenters. The Morgan fingerprint density at radius 1 is 0.939 bits per heavy atom. The molecule has 3 aromatic rings. The van der Waals surface area contributed by atoms with Gasteiger partial charge in [-0.2, -0.15) is 0 Å². The highest BCUT2D eigenvalue weighted by molar-refractivity contribution is 5.95. The first-order chi connectivity index (χ1) is 15.9. The van der Waals surface area contributed by atoms with Gasteiger partial charge in [-0.1, -0.05) is 30.3 Å². The van der Waals surface area contributed by atoms with Gasteiger partial charge in [0.1, 0.15) is 11.6 Å². The van der Waals surface area contributed by atoms with Crippen LogP contribution in [-0.4, -0.2) is 24.6 Å². The molecule has 7 nitrogen and oxygen atoms in total. The summed E-state index contributed by atoms with van der Waals surface area (Å²) in [7, 11) is 0. The minimum Gasteiger partial charge on any atom is -0.434 e. The molecular formula is C25H23FN2O5. The van der Waals surface area contributed by atoms with Crippen molar-refractivity contribution in [2.45, 2.75) is 19.9 Å². The molecule has 2 amide bonds. The molecule has 3 rings (SSSR count). The van der Waals surface area contributed by atoms with Crippen molar-refractivity contribution >= 4 is 23.7 Å². The average molecular weight is 450 g/mol. The van der Waals surface area contributed by atoms with E-state index < -0.39 is 12.0 Å². The number of hydrogen-bond donors (Lipinski definition) is 2. The Hall–Kier alpha value is -4.20. The maximum absolute atomic E-state index is 13.3. The highest BCUT2D eigenvalue weighted by Crippen LogP contribution is 2.17. The summed E-state index contributed by atoms with van der Waals surface area (Å²) < 4.78 is 23.0. The van der Waals surface area contributed by atoms with Gasteiger partial charge in [-0.05, 0) is 60.5 Å². The van der Waals surface area contributed by atoms with Crippen LogP contribution in [0.1, 0.15) is 28.4 Å². The smallest absolute Gasteiger partial charge is 0.434 e. The van der Waals surface area contributed by atoms with Crippen molar-refractivity contribution in [3.63, 3.8) is 0 Å². The zero-order valence-corrected chi connectivity index (χ0v) is 18.0. The molecule has 0 unspecified atom stereocenters. The van der Waals surface area contributed by atoms with Gasteiger partial charge in [0.25, 0.3) is 5.91 Å². The average Bonchev–Trinajstić information content (AvgIpc) is 2.79. The molecule has 0 spiro atoms. The van der Waals surface area contributed by atoms with E-state index in [1.165, 1.54) is 36.4 Å². The van der Waals surface area contributed by atoms with Crippen LogP contribution in [-0.2, 0) is 22.5 Å². The van der Waals surface area contributed by atoms with E-state index in [4.69, 9.17) is 9.47 Å².